The average molecular weight is 511 g/mol. The zero-order valence-corrected chi connectivity index (χ0v) is 20.3. The summed E-state index contributed by atoms with van der Waals surface area (Å²) in [7, 11) is 1.29. The number of aromatic nitrogens is 1. The molecule has 0 radical (unpaired) electrons. The number of alkyl halides is 3. The summed E-state index contributed by atoms with van der Waals surface area (Å²) in [5.41, 5.74) is 0.416. The highest BCUT2D eigenvalue weighted by Gasteiger charge is 2.36. The van der Waals surface area contributed by atoms with Gasteiger partial charge in [-0.05, 0) is 55.3 Å². The van der Waals surface area contributed by atoms with Gasteiger partial charge in [-0.3, -0.25) is 0 Å². The quantitative estimate of drug-likeness (QED) is 0.255. The minimum Gasteiger partial charge on any atom is -0.465 e. The maximum atomic E-state index is 13.5. The normalized spacial score (nSPS) is 18.3. The lowest BCUT2D eigenvalue weighted by molar-refractivity contribution is -0.472. The lowest BCUT2D eigenvalue weighted by Gasteiger charge is -2.28. The zero-order chi connectivity index (χ0) is 26.6. The van der Waals surface area contributed by atoms with Gasteiger partial charge in [0.25, 0.3) is 0 Å². The van der Waals surface area contributed by atoms with Crippen molar-refractivity contribution in [3.63, 3.8) is 0 Å². The van der Waals surface area contributed by atoms with E-state index in [0.29, 0.717) is 28.6 Å². The van der Waals surface area contributed by atoms with Crippen LogP contribution in [-0.4, -0.2) is 46.8 Å². The fourth-order valence-corrected chi connectivity index (χ4v) is 4.69. The Labute approximate surface area is 212 Å². The molecule has 0 unspecified atom stereocenters. The van der Waals surface area contributed by atoms with Gasteiger partial charge in [0.05, 0.1) is 23.8 Å². The van der Waals surface area contributed by atoms with E-state index in [9.17, 15) is 22.8 Å². The van der Waals surface area contributed by atoms with Gasteiger partial charge in [0.15, 0.2) is 12.3 Å². The van der Waals surface area contributed by atoms with Crippen LogP contribution in [0.3, 0.4) is 0 Å². The van der Waals surface area contributed by atoms with Crippen molar-refractivity contribution < 1.29 is 32.1 Å². The molecule has 6 nitrogen and oxygen atoms in total. The second-order valence-corrected chi connectivity index (χ2v) is 8.90. The van der Waals surface area contributed by atoms with Gasteiger partial charge in [-0.2, -0.15) is 17.7 Å². The number of benzene rings is 2. The van der Waals surface area contributed by atoms with Crippen molar-refractivity contribution in [2.24, 2.45) is 0 Å². The van der Waals surface area contributed by atoms with Crippen LogP contribution in [0.25, 0.3) is 10.9 Å². The molecule has 1 aromatic heterocycles. The number of rotatable bonds is 6. The minimum atomic E-state index is -4.57. The molecule has 3 aromatic rings. The molecular formula is C28H27F3N3O3+. The van der Waals surface area contributed by atoms with E-state index in [1.54, 1.807) is 47.2 Å². The number of amides is 1. The Kier molecular flexibility index (Phi) is 7.71. The third kappa shape index (κ3) is 5.87. The van der Waals surface area contributed by atoms with Gasteiger partial charge in [-0.25, -0.2) is 14.6 Å². The number of halogens is 3. The molecule has 1 fully saturated rings. The third-order valence-corrected chi connectivity index (χ3v) is 6.46. The van der Waals surface area contributed by atoms with E-state index in [1.165, 1.54) is 25.3 Å². The van der Waals surface area contributed by atoms with Crippen LogP contribution in [0.1, 0.15) is 52.1 Å². The molecule has 0 saturated heterocycles. The molecule has 1 N–H and O–H groups in total. The first-order valence-electron chi connectivity index (χ1n) is 11.9. The minimum absolute atomic E-state index is 0.152. The number of para-hydroxylation sites is 1. The van der Waals surface area contributed by atoms with Gasteiger partial charge in [-0.15, -0.1) is 0 Å². The average Bonchev–Trinajstić information content (AvgIpc) is 2.90. The highest BCUT2D eigenvalue weighted by molar-refractivity contribution is 5.94. The molecule has 1 heterocycles. The van der Waals surface area contributed by atoms with Crippen molar-refractivity contribution in [3.8, 4) is 0 Å². The molecule has 1 aliphatic rings. The van der Waals surface area contributed by atoms with E-state index in [4.69, 9.17) is 4.74 Å². The Hall–Kier alpha value is -4.01. The van der Waals surface area contributed by atoms with Crippen molar-refractivity contribution in [2.45, 2.75) is 43.9 Å². The Morgan fingerprint density at radius 1 is 1.11 bits per heavy atom. The fraction of sp³-hybridized carbons (Fsp3) is 0.286. The van der Waals surface area contributed by atoms with E-state index in [-0.39, 0.29) is 23.5 Å². The highest BCUT2D eigenvalue weighted by Crippen LogP contribution is 2.34. The van der Waals surface area contributed by atoms with Gasteiger partial charge >= 0.3 is 18.1 Å². The van der Waals surface area contributed by atoms with E-state index in [0.717, 1.165) is 25.3 Å². The molecule has 192 valence electrons. The first-order chi connectivity index (χ1) is 17.7. The van der Waals surface area contributed by atoms with Gasteiger partial charge < -0.3 is 10.1 Å². The number of methoxy groups -OCH3 is 1. The number of nitrogens with one attached hydrogen (secondary N) is 1. The Morgan fingerprint density at radius 2 is 1.81 bits per heavy atom. The van der Waals surface area contributed by atoms with E-state index in [1.807, 2.05) is 0 Å². The SMILES string of the molecule is C=C/C=[N+](/C(=O)c1ccc(C(=O)OC)cc1)[C@@H]1CCC[C@H](Nc2cc(C(F)(F)F)nc3ccccc23)C1. The van der Waals surface area contributed by atoms with Gasteiger partial charge in [-0.1, -0.05) is 24.8 Å². The molecule has 0 spiro atoms. The van der Waals surface area contributed by atoms with Gasteiger partial charge in [0.1, 0.15) is 5.69 Å². The molecule has 0 aliphatic heterocycles. The first kappa shape index (κ1) is 26.1. The second kappa shape index (κ2) is 10.9. The maximum absolute atomic E-state index is 13.5. The van der Waals surface area contributed by atoms with Crippen LogP contribution in [0, 0.1) is 0 Å². The predicted molar refractivity (Wildman–Crippen MR) is 135 cm³/mol. The summed E-state index contributed by atoms with van der Waals surface area (Å²) in [6.07, 6.45) is 1.39. The van der Waals surface area contributed by atoms with Crippen LogP contribution in [0.4, 0.5) is 18.9 Å². The number of carbonyl (C=O) groups is 2. The van der Waals surface area contributed by atoms with Crippen molar-refractivity contribution >= 4 is 34.7 Å². The molecule has 37 heavy (non-hydrogen) atoms. The van der Waals surface area contributed by atoms with Crippen LogP contribution in [0.5, 0.6) is 0 Å². The molecule has 9 heteroatoms. The number of hydrogen-bond acceptors (Lipinski definition) is 5. The number of ether oxygens (including phenoxy) is 1. The Balaban J connectivity index is 1.57. The summed E-state index contributed by atoms with van der Waals surface area (Å²) in [5.74, 6) is -0.747. The van der Waals surface area contributed by atoms with Crippen molar-refractivity contribution in [3.05, 3.63) is 84.1 Å². The number of anilines is 1. The molecular weight excluding hydrogens is 483 g/mol. The summed E-state index contributed by atoms with van der Waals surface area (Å²) >= 11 is 0. The number of fused-ring (bicyclic) bond motifs is 1. The largest absolute Gasteiger partial charge is 0.465 e. The number of pyridine rings is 1. The molecule has 1 amide bonds. The van der Waals surface area contributed by atoms with Gasteiger partial charge in [0.2, 0.25) is 0 Å². The summed E-state index contributed by atoms with van der Waals surface area (Å²) < 4.78 is 46.8. The zero-order valence-electron chi connectivity index (χ0n) is 20.3. The van der Waals surface area contributed by atoms with Crippen LogP contribution in [0.15, 0.2) is 67.3 Å². The third-order valence-electron chi connectivity index (χ3n) is 6.46. The van der Waals surface area contributed by atoms with Crippen LogP contribution in [-0.2, 0) is 10.9 Å². The van der Waals surface area contributed by atoms with E-state index in [2.05, 4.69) is 16.9 Å². The predicted octanol–water partition coefficient (Wildman–Crippen LogP) is 5.87. The number of hydrogen-bond donors (Lipinski definition) is 1. The summed E-state index contributed by atoms with van der Waals surface area (Å²) in [6.45, 7) is 3.73. The van der Waals surface area contributed by atoms with Gasteiger partial charge in [0, 0.05) is 30.0 Å². The number of allylic oxidation sites excluding steroid dienone is 1. The van der Waals surface area contributed by atoms with Crippen molar-refractivity contribution in [1.82, 2.24) is 4.98 Å². The molecule has 1 saturated carbocycles. The number of esters is 1. The number of carbonyl (C=O) groups excluding carboxylic acids is 2. The van der Waals surface area contributed by atoms with E-state index >= 15 is 0 Å². The molecule has 4 rings (SSSR count). The summed E-state index contributed by atoms with van der Waals surface area (Å²) in [6, 6.07) is 13.6. The monoisotopic (exact) mass is 510 g/mol. The smallest absolute Gasteiger partial charge is 0.433 e. The Morgan fingerprint density at radius 3 is 2.49 bits per heavy atom. The van der Waals surface area contributed by atoms with Crippen LogP contribution in [0.2, 0.25) is 0 Å². The second-order valence-electron chi connectivity index (χ2n) is 8.90. The standard InChI is InChI=1S/C28H27F3N3O3/c1-3-15-34(26(35)18-11-13-19(14-12-18)27(36)37-2)21-8-6-7-20(16-21)32-24-17-25(28(29,30)31)33-23-10-5-4-9-22(23)24/h3-5,9-15,17,20-21H,1,6-8,16H2,2H3,(H,32,33)/q+1/b34-15+/t20-,21+/m0/s1. The van der Waals surface area contributed by atoms with Crippen LogP contribution < -0.4 is 5.32 Å². The van der Waals surface area contributed by atoms with E-state index < -0.39 is 17.8 Å². The number of nitrogens with zero attached hydrogens (tertiary/aromatic N) is 2. The lowest BCUT2D eigenvalue weighted by Crippen LogP contribution is -2.40. The summed E-state index contributed by atoms with van der Waals surface area (Å²) in [5, 5.41) is 3.90. The van der Waals surface area contributed by atoms with Crippen LogP contribution >= 0.6 is 0 Å². The molecule has 2 atom stereocenters. The maximum Gasteiger partial charge on any atom is 0.433 e. The lowest BCUT2D eigenvalue weighted by atomic mass is 9.89. The molecule has 2 aromatic carbocycles. The summed E-state index contributed by atoms with van der Waals surface area (Å²) in [4.78, 5) is 28.9. The first-order valence-corrected chi connectivity index (χ1v) is 11.9. The topological polar surface area (TPSA) is 71.3 Å². The molecule has 1 aliphatic carbocycles. The Bertz CT molecular complexity index is 1350. The van der Waals surface area contributed by atoms with Crippen molar-refractivity contribution in [1.29, 1.82) is 0 Å². The fourth-order valence-electron chi connectivity index (χ4n) is 4.69. The highest BCUT2D eigenvalue weighted by atomic mass is 19.4. The van der Waals surface area contributed by atoms with Crippen molar-refractivity contribution in [2.75, 3.05) is 12.4 Å². The molecule has 0 bridgehead atoms.